The van der Waals surface area contributed by atoms with E-state index in [1.807, 2.05) is 37.3 Å². The number of amides is 1. The Kier molecular flexibility index (Phi) is 4.99. The van der Waals surface area contributed by atoms with E-state index >= 15 is 0 Å². The first-order valence-corrected chi connectivity index (χ1v) is 7.30. The van der Waals surface area contributed by atoms with Gasteiger partial charge in [-0.05, 0) is 55.2 Å². The van der Waals surface area contributed by atoms with Crippen LogP contribution in [0.3, 0.4) is 0 Å². The molecule has 2 N–H and O–H groups in total. The van der Waals surface area contributed by atoms with E-state index in [9.17, 15) is 9.90 Å². The van der Waals surface area contributed by atoms with E-state index < -0.39 is 0 Å². The first kappa shape index (κ1) is 15.1. The summed E-state index contributed by atoms with van der Waals surface area (Å²) in [5, 5.41) is 12.6. The third-order valence-electron chi connectivity index (χ3n) is 3.43. The van der Waals surface area contributed by atoms with Gasteiger partial charge in [0.05, 0.1) is 5.56 Å². The van der Waals surface area contributed by atoms with Crippen molar-refractivity contribution >= 4 is 11.6 Å². The molecule has 3 heteroatoms. The number of nitrogens with one attached hydrogen (secondary N) is 1. The van der Waals surface area contributed by atoms with Crippen molar-refractivity contribution < 1.29 is 9.90 Å². The summed E-state index contributed by atoms with van der Waals surface area (Å²) in [7, 11) is 0. The molecule has 0 aliphatic rings. The molecular formula is C18H21NO2. The van der Waals surface area contributed by atoms with Gasteiger partial charge in [0.2, 0.25) is 0 Å². The van der Waals surface area contributed by atoms with Gasteiger partial charge in [-0.15, -0.1) is 0 Å². The number of phenolic OH excluding ortho intramolecular Hbond substituents is 1. The molecule has 0 radical (unpaired) electrons. The van der Waals surface area contributed by atoms with Gasteiger partial charge in [0.25, 0.3) is 5.91 Å². The zero-order valence-electron chi connectivity index (χ0n) is 12.5. The molecule has 3 nitrogen and oxygen atoms in total. The third-order valence-corrected chi connectivity index (χ3v) is 3.43. The van der Waals surface area contributed by atoms with Crippen LogP contribution in [0, 0.1) is 6.92 Å². The van der Waals surface area contributed by atoms with Crippen molar-refractivity contribution in [1.29, 1.82) is 0 Å². The molecule has 0 unspecified atom stereocenters. The Morgan fingerprint density at radius 2 is 1.86 bits per heavy atom. The van der Waals surface area contributed by atoms with E-state index in [0.717, 1.165) is 17.7 Å². The second-order valence-corrected chi connectivity index (χ2v) is 5.28. The summed E-state index contributed by atoms with van der Waals surface area (Å²) in [6, 6.07) is 12.9. The summed E-state index contributed by atoms with van der Waals surface area (Å²) in [4.78, 5) is 12.1. The van der Waals surface area contributed by atoms with E-state index in [0.29, 0.717) is 0 Å². The predicted molar refractivity (Wildman–Crippen MR) is 85.9 cm³/mol. The summed E-state index contributed by atoms with van der Waals surface area (Å²) in [6.45, 7) is 4.04. The van der Waals surface area contributed by atoms with Crippen LogP contribution in [0.15, 0.2) is 42.5 Å². The second-order valence-electron chi connectivity index (χ2n) is 5.28. The normalized spacial score (nSPS) is 10.4. The molecular weight excluding hydrogens is 262 g/mol. The number of benzene rings is 2. The van der Waals surface area contributed by atoms with Gasteiger partial charge in [-0.1, -0.05) is 31.5 Å². The van der Waals surface area contributed by atoms with Crippen molar-refractivity contribution in [2.75, 3.05) is 5.32 Å². The molecule has 0 fully saturated rings. The smallest absolute Gasteiger partial charge is 0.259 e. The number of phenols is 1. The van der Waals surface area contributed by atoms with E-state index in [1.165, 1.54) is 18.4 Å². The first-order chi connectivity index (χ1) is 10.1. The fourth-order valence-corrected chi connectivity index (χ4v) is 2.17. The topological polar surface area (TPSA) is 49.3 Å². The molecule has 0 aliphatic carbocycles. The quantitative estimate of drug-likeness (QED) is 0.859. The number of unbranched alkanes of at least 4 members (excludes halogenated alkanes) is 1. The molecule has 0 bridgehead atoms. The fraction of sp³-hybridized carbons (Fsp3) is 0.278. The van der Waals surface area contributed by atoms with Gasteiger partial charge in [-0.25, -0.2) is 0 Å². The molecule has 2 aromatic rings. The zero-order chi connectivity index (χ0) is 15.2. The molecule has 2 aromatic carbocycles. The summed E-state index contributed by atoms with van der Waals surface area (Å²) in [6.07, 6.45) is 3.40. The van der Waals surface area contributed by atoms with Crippen LogP contribution in [0.25, 0.3) is 0 Å². The molecule has 1 amide bonds. The SMILES string of the molecule is CCCCc1ccc(NC(=O)c2ccc(C)cc2O)cc1. The molecule has 0 aromatic heterocycles. The van der Waals surface area contributed by atoms with Crippen LogP contribution in [0.2, 0.25) is 0 Å². The second kappa shape index (κ2) is 6.93. The maximum Gasteiger partial charge on any atom is 0.259 e. The average Bonchev–Trinajstić information content (AvgIpc) is 2.46. The van der Waals surface area contributed by atoms with Gasteiger partial charge in [0, 0.05) is 5.69 Å². The summed E-state index contributed by atoms with van der Waals surface area (Å²) < 4.78 is 0. The number of aromatic hydroxyl groups is 1. The summed E-state index contributed by atoms with van der Waals surface area (Å²) in [5.74, 6) is -0.291. The number of anilines is 1. The molecule has 110 valence electrons. The van der Waals surface area contributed by atoms with Gasteiger partial charge >= 0.3 is 0 Å². The Morgan fingerprint density at radius 1 is 1.14 bits per heavy atom. The molecule has 2 rings (SSSR count). The zero-order valence-corrected chi connectivity index (χ0v) is 12.5. The molecule has 0 aliphatic heterocycles. The number of aryl methyl sites for hydroxylation is 2. The summed E-state index contributed by atoms with van der Waals surface area (Å²) >= 11 is 0. The Morgan fingerprint density at radius 3 is 2.48 bits per heavy atom. The monoisotopic (exact) mass is 283 g/mol. The van der Waals surface area contributed by atoms with E-state index in [4.69, 9.17) is 0 Å². The van der Waals surface area contributed by atoms with Gasteiger partial charge in [-0.2, -0.15) is 0 Å². The lowest BCUT2D eigenvalue weighted by Gasteiger charge is -2.08. The predicted octanol–water partition coefficient (Wildman–Crippen LogP) is 4.30. The van der Waals surface area contributed by atoms with Crippen molar-refractivity contribution in [1.82, 2.24) is 0 Å². The Labute approximate surface area is 125 Å². The van der Waals surface area contributed by atoms with Crippen molar-refractivity contribution in [3.05, 3.63) is 59.2 Å². The Bertz CT molecular complexity index is 618. The molecule has 21 heavy (non-hydrogen) atoms. The lowest BCUT2D eigenvalue weighted by molar-refractivity contribution is 0.102. The van der Waals surface area contributed by atoms with Gasteiger partial charge in [0.1, 0.15) is 5.75 Å². The highest BCUT2D eigenvalue weighted by Crippen LogP contribution is 2.20. The standard InChI is InChI=1S/C18H21NO2/c1-3-4-5-14-7-9-15(10-8-14)19-18(21)16-11-6-13(2)12-17(16)20/h6-12,20H,3-5H2,1-2H3,(H,19,21). The van der Waals surface area contributed by atoms with Crippen molar-refractivity contribution in [3.63, 3.8) is 0 Å². The maximum absolute atomic E-state index is 12.1. The van der Waals surface area contributed by atoms with Crippen LogP contribution in [0.1, 0.15) is 41.3 Å². The van der Waals surface area contributed by atoms with E-state index in [1.54, 1.807) is 12.1 Å². The number of carbonyl (C=O) groups excluding carboxylic acids is 1. The minimum Gasteiger partial charge on any atom is -0.507 e. The van der Waals surface area contributed by atoms with Crippen LogP contribution in [-0.2, 0) is 6.42 Å². The van der Waals surface area contributed by atoms with Crippen molar-refractivity contribution in [3.8, 4) is 5.75 Å². The Hall–Kier alpha value is -2.29. The van der Waals surface area contributed by atoms with Crippen molar-refractivity contribution in [2.24, 2.45) is 0 Å². The highest BCUT2D eigenvalue weighted by atomic mass is 16.3. The first-order valence-electron chi connectivity index (χ1n) is 7.30. The number of carbonyl (C=O) groups is 1. The van der Waals surface area contributed by atoms with E-state index in [2.05, 4.69) is 12.2 Å². The molecule has 0 atom stereocenters. The van der Waals surface area contributed by atoms with Crippen molar-refractivity contribution in [2.45, 2.75) is 33.1 Å². The number of rotatable bonds is 5. The van der Waals surface area contributed by atoms with Crippen LogP contribution in [-0.4, -0.2) is 11.0 Å². The van der Waals surface area contributed by atoms with Crippen LogP contribution < -0.4 is 5.32 Å². The number of hydrogen-bond donors (Lipinski definition) is 2. The number of hydrogen-bond acceptors (Lipinski definition) is 2. The van der Waals surface area contributed by atoms with Gasteiger partial charge in [-0.3, -0.25) is 4.79 Å². The van der Waals surface area contributed by atoms with Crippen LogP contribution in [0.4, 0.5) is 5.69 Å². The Balaban J connectivity index is 2.05. The lowest BCUT2D eigenvalue weighted by Crippen LogP contribution is -2.12. The van der Waals surface area contributed by atoms with Crippen LogP contribution >= 0.6 is 0 Å². The van der Waals surface area contributed by atoms with Crippen LogP contribution in [0.5, 0.6) is 5.75 Å². The molecule has 0 heterocycles. The third kappa shape index (κ3) is 4.09. The lowest BCUT2D eigenvalue weighted by atomic mass is 10.1. The minimum atomic E-state index is -0.297. The molecule has 0 saturated heterocycles. The minimum absolute atomic E-state index is 0.00654. The summed E-state index contributed by atoms with van der Waals surface area (Å²) in [5.41, 5.74) is 3.22. The molecule has 0 saturated carbocycles. The average molecular weight is 283 g/mol. The molecule has 0 spiro atoms. The fourth-order valence-electron chi connectivity index (χ4n) is 2.17. The highest BCUT2D eigenvalue weighted by molar-refractivity contribution is 6.06. The van der Waals surface area contributed by atoms with E-state index in [-0.39, 0.29) is 17.2 Å². The van der Waals surface area contributed by atoms with Gasteiger partial charge < -0.3 is 10.4 Å². The maximum atomic E-state index is 12.1. The largest absolute Gasteiger partial charge is 0.507 e. The van der Waals surface area contributed by atoms with Gasteiger partial charge in [0.15, 0.2) is 0 Å². The highest BCUT2D eigenvalue weighted by Gasteiger charge is 2.11.